The summed E-state index contributed by atoms with van der Waals surface area (Å²) >= 11 is 0. The highest BCUT2D eigenvalue weighted by Crippen LogP contribution is 2.38. The number of carbonyl (C=O) groups excluding carboxylic acids is 2. The van der Waals surface area contributed by atoms with Crippen LogP contribution in [-0.2, 0) is 27.9 Å². The number of nitrogens with zero attached hydrogens (tertiary/aromatic N) is 1. The van der Waals surface area contributed by atoms with Crippen LogP contribution in [0.3, 0.4) is 0 Å². The van der Waals surface area contributed by atoms with Crippen LogP contribution in [0.15, 0.2) is 12.2 Å². The molecule has 0 heterocycles. The van der Waals surface area contributed by atoms with Gasteiger partial charge < -0.3 is 28.5 Å². The van der Waals surface area contributed by atoms with Gasteiger partial charge in [-0.1, -0.05) is 374 Å². The van der Waals surface area contributed by atoms with Gasteiger partial charge in [0, 0.05) is 12.8 Å². The normalized spacial score (nSPS) is 13.4. The standard InChI is InChI=1S/C75H149N2O7P/c1-7-10-13-16-19-22-25-27-29-31-33-35-36-37-38-39-40-42-43-45-47-49-52-55-58-61-64-67-74(78)76-72(71-83-85(80,81)82-70-69-77(4,5)6)73(66-63-60-57-54-51-24-21-18-15-12-9-3)84-75(79)68-65-62-59-56-53-50-48-46-44-41-34-32-30-28-26-23-20-17-14-11-8-2/h63,66,72-73H,7-62,64-65,67-71H2,1-6H3,(H-,76,78,80,81)/b66-63+. The number of unbranched alkanes of at least 4 members (excludes halogenated alkanes) is 55. The largest absolute Gasteiger partial charge is 0.756 e. The summed E-state index contributed by atoms with van der Waals surface area (Å²) in [4.78, 5) is 40.2. The zero-order chi connectivity index (χ0) is 62.1. The van der Waals surface area contributed by atoms with Gasteiger partial charge in [0.2, 0.25) is 5.91 Å². The third-order valence-electron chi connectivity index (χ3n) is 17.7. The van der Waals surface area contributed by atoms with Crippen molar-refractivity contribution in [1.82, 2.24) is 5.32 Å². The molecule has 0 aromatic heterocycles. The predicted octanol–water partition coefficient (Wildman–Crippen LogP) is 23.6. The fourth-order valence-corrected chi connectivity index (χ4v) is 12.6. The Bertz CT molecular complexity index is 1450. The van der Waals surface area contributed by atoms with Gasteiger partial charge in [-0.3, -0.25) is 14.2 Å². The number of amides is 1. The van der Waals surface area contributed by atoms with Gasteiger partial charge in [-0.15, -0.1) is 0 Å². The van der Waals surface area contributed by atoms with Gasteiger partial charge in [-0.2, -0.15) is 0 Å². The fraction of sp³-hybridized carbons (Fsp3) is 0.947. The predicted molar refractivity (Wildman–Crippen MR) is 367 cm³/mol. The molecule has 0 aliphatic heterocycles. The summed E-state index contributed by atoms with van der Waals surface area (Å²) in [5.74, 6) is -0.512. The number of quaternary nitrogens is 1. The van der Waals surface area contributed by atoms with Crippen molar-refractivity contribution in [2.45, 2.75) is 418 Å². The summed E-state index contributed by atoms with van der Waals surface area (Å²) in [7, 11) is 1.21. The van der Waals surface area contributed by atoms with Crippen LogP contribution >= 0.6 is 7.82 Å². The van der Waals surface area contributed by atoms with Gasteiger partial charge in [0.1, 0.15) is 19.3 Å². The minimum absolute atomic E-state index is 0.0164. The number of nitrogens with one attached hydrogen (secondary N) is 1. The van der Waals surface area contributed by atoms with E-state index in [0.717, 1.165) is 57.8 Å². The van der Waals surface area contributed by atoms with Crippen molar-refractivity contribution in [2.75, 3.05) is 40.9 Å². The highest BCUT2D eigenvalue weighted by molar-refractivity contribution is 7.45. The Balaban J connectivity index is 4.87. The van der Waals surface area contributed by atoms with Crippen molar-refractivity contribution in [1.29, 1.82) is 0 Å². The van der Waals surface area contributed by atoms with E-state index in [9.17, 15) is 19.0 Å². The average Bonchev–Trinajstić information content (AvgIpc) is 3.64. The highest BCUT2D eigenvalue weighted by Gasteiger charge is 2.27. The summed E-state index contributed by atoms with van der Waals surface area (Å²) in [5.41, 5.74) is 0. The lowest BCUT2D eigenvalue weighted by Gasteiger charge is -2.30. The smallest absolute Gasteiger partial charge is 0.306 e. The number of esters is 1. The zero-order valence-electron chi connectivity index (χ0n) is 58.1. The molecule has 0 aromatic rings. The first-order valence-corrected chi connectivity index (χ1v) is 39.5. The second-order valence-corrected chi connectivity index (χ2v) is 28.9. The van der Waals surface area contributed by atoms with Crippen LogP contribution in [0.2, 0.25) is 0 Å². The first-order valence-electron chi connectivity index (χ1n) is 38.0. The van der Waals surface area contributed by atoms with Crippen LogP contribution < -0.4 is 10.2 Å². The van der Waals surface area contributed by atoms with E-state index < -0.39 is 20.0 Å². The number of phosphoric ester groups is 1. The number of allylic oxidation sites excluding steroid dienone is 1. The fourth-order valence-electron chi connectivity index (χ4n) is 11.9. The summed E-state index contributed by atoms with van der Waals surface area (Å²) < 4.78 is 30.5. The SMILES string of the molecule is CCCCCCCCCCC/C=C/C(OC(=O)CCCCCCCCCCCCCCCCCCCCCCC)C(COP(=O)([O-])OCC[N+](C)(C)C)NC(=O)CCCCCCCCCCCCCCCCCCCCCCCCCCCCC. The van der Waals surface area contributed by atoms with Gasteiger partial charge in [0.15, 0.2) is 0 Å². The second kappa shape index (κ2) is 65.7. The lowest BCUT2D eigenvalue weighted by molar-refractivity contribution is -0.870. The maximum Gasteiger partial charge on any atom is 0.306 e. The quantitative estimate of drug-likeness (QED) is 0.0212. The Kier molecular flexibility index (Phi) is 64.7. The first kappa shape index (κ1) is 83.8. The Morgan fingerprint density at radius 3 is 0.965 bits per heavy atom. The molecular formula is C75H149N2O7P. The van der Waals surface area contributed by atoms with E-state index in [1.807, 2.05) is 33.3 Å². The third-order valence-corrected chi connectivity index (χ3v) is 18.7. The molecular weight excluding hydrogens is 1070 g/mol. The molecule has 0 bridgehead atoms. The molecule has 1 amide bonds. The number of likely N-dealkylation sites (N-methyl/N-ethyl adjacent to an activating group) is 1. The van der Waals surface area contributed by atoms with E-state index in [2.05, 4.69) is 26.1 Å². The zero-order valence-corrected chi connectivity index (χ0v) is 59.0. The molecule has 0 saturated heterocycles. The molecule has 0 aliphatic rings. The molecule has 0 saturated carbocycles. The molecule has 506 valence electrons. The minimum atomic E-state index is -4.70. The van der Waals surface area contributed by atoms with E-state index in [1.165, 1.54) is 315 Å². The van der Waals surface area contributed by atoms with Gasteiger partial charge in [-0.05, 0) is 31.8 Å². The second-order valence-electron chi connectivity index (χ2n) is 27.5. The third kappa shape index (κ3) is 67.0. The molecule has 0 rings (SSSR count). The van der Waals surface area contributed by atoms with Gasteiger partial charge in [0.05, 0.1) is 33.8 Å². The van der Waals surface area contributed by atoms with Crippen LogP contribution in [0.5, 0.6) is 0 Å². The van der Waals surface area contributed by atoms with Crippen molar-refractivity contribution in [3.05, 3.63) is 12.2 Å². The maximum atomic E-state index is 13.6. The number of hydrogen-bond acceptors (Lipinski definition) is 7. The monoisotopic (exact) mass is 1220 g/mol. The van der Waals surface area contributed by atoms with Crippen LogP contribution in [0.4, 0.5) is 0 Å². The van der Waals surface area contributed by atoms with E-state index in [0.29, 0.717) is 17.4 Å². The van der Waals surface area contributed by atoms with E-state index in [1.54, 1.807) is 0 Å². The number of ether oxygens (including phenoxy) is 1. The van der Waals surface area contributed by atoms with Crippen molar-refractivity contribution in [2.24, 2.45) is 0 Å². The molecule has 1 N–H and O–H groups in total. The molecule has 85 heavy (non-hydrogen) atoms. The Labute approximate surface area is 531 Å². The molecule has 0 spiro atoms. The Morgan fingerprint density at radius 1 is 0.400 bits per heavy atom. The average molecular weight is 1220 g/mol. The van der Waals surface area contributed by atoms with Gasteiger partial charge in [0.25, 0.3) is 7.82 Å². The van der Waals surface area contributed by atoms with Crippen molar-refractivity contribution in [3.63, 3.8) is 0 Å². The van der Waals surface area contributed by atoms with E-state index in [-0.39, 0.29) is 31.5 Å². The molecule has 10 heteroatoms. The molecule has 0 radical (unpaired) electrons. The maximum absolute atomic E-state index is 13.6. The van der Waals surface area contributed by atoms with E-state index >= 15 is 0 Å². The molecule has 0 aliphatic carbocycles. The van der Waals surface area contributed by atoms with Gasteiger partial charge >= 0.3 is 5.97 Å². The topological polar surface area (TPSA) is 114 Å². The van der Waals surface area contributed by atoms with Crippen LogP contribution in [-0.4, -0.2) is 69.4 Å². The first-order chi connectivity index (χ1) is 41.4. The van der Waals surface area contributed by atoms with Crippen LogP contribution in [0.1, 0.15) is 406 Å². The Hall–Kier alpha value is -1.25. The number of rotatable bonds is 71. The van der Waals surface area contributed by atoms with Crippen molar-refractivity contribution >= 4 is 19.7 Å². The number of hydrogen-bond donors (Lipinski definition) is 1. The van der Waals surface area contributed by atoms with Crippen molar-refractivity contribution in [3.8, 4) is 0 Å². The molecule has 3 atom stereocenters. The van der Waals surface area contributed by atoms with Gasteiger partial charge in [-0.25, -0.2) is 0 Å². The van der Waals surface area contributed by atoms with E-state index in [4.69, 9.17) is 13.8 Å². The van der Waals surface area contributed by atoms with Crippen LogP contribution in [0, 0.1) is 0 Å². The number of carbonyl (C=O) groups is 2. The number of phosphoric acid groups is 1. The summed E-state index contributed by atoms with van der Waals surface area (Å²) in [6, 6.07) is -0.881. The highest BCUT2D eigenvalue weighted by atomic mass is 31.2. The van der Waals surface area contributed by atoms with Crippen LogP contribution in [0.25, 0.3) is 0 Å². The molecule has 0 fully saturated rings. The summed E-state index contributed by atoms with van der Waals surface area (Å²) in [5, 5.41) is 3.06. The molecule has 0 aromatic carbocycles. The molecule has 9 nitrogen and oxygen atoms in total. The molecule has 3 unspecified atom stereocenters. The Morgan fingerprint density at radius 2 is 0.671 bits per heavy atom. The lowest BCUT2D eigenvalue weighted by Crippen LogP contribution is -2.47. The summed E-state index contributed by atoms with van der Waals surface area (Å²) in [6.45, 7) is 6.93. The minimum Gasteiger partial charge on any atom is -0.756 e. The van der Waals surface area contributed by atoms with Crippen molar-refractivity contribution < 1.29 is 37.3 Å². The lowest BCUT2D eigenvalue weighted by atomic mass is 10.0. The summed E-state index contributed by atoms with van der Waals surface area (Å²) in [6.07, 6.45) is 79.3.